The van der Waals surface area contributed by atoms with Gasteiger partial charge in [-0.2, -0.15) is 0 Å². The van der Waals surface area contributed by atoms with Crippen molar-refractivity contribution in [2.24, 2.45) is 0 Å². The molecule has 198 valence electrons. The molecule has 6 rings (SSSR count). The van der Waals surface area contributed by atoms with Crippen LogP contribution in [-0.4, -0.2) is 107 Å². The number of hydrogen-bond acceptors (Lipinski definition) is 11. The molecule has 2 aliphatic rings. The third-order valence-corrected chi connectivity index (χ3v) is 6.64. The van der Waals surface area contributed by atoms with Gasteiger partial charge >= 0.3 is 0 Å². The number of ether oxygens (including phenoxy) is 1. The van der Waals surface area contributed by atoms with Crippen LogP contribution in [0.15, 0.2) is 36.8 Å². The van der Waals surface area contributed by atoms with Crippen LogP contribution in [0.2, 0.25) is 0 Å². The molecule has 14 nitrogen and oxygen atoms in total. The van der Waals surface area contributed by atoms with Crippen molar-refractivity contribution in [3.8, 4) is 17.2 Å². The number of rotatable bonds is 6. The van der Waals surface area contributed by atoms with E-state index >= 15 is 0 Å². The smallest absolute Gasteiger partial charge is 0.251 e. The average molecular weight is 525 g/mol. The summed E-state index contributed by atoms with van der Waals surface area (Å²) in [5.74, 6) is -0.333. The number of fused-ring (bicyclic) bond motifs is 1. The molecule has 4 aromatic rings. The predicted molar refractivity (Wildman–Crippen MR) is 131 cm³/mol. The van der Waals surface area contributed by atoms with Gasteiger partial charge in [0.15, 0.2) is 40.8 Å². The topological polar surface area (TPSA) is 168 Å². The minimum atomic E-state index is -1.45. The summed E-state index contributed by atoms with van der Waals surface area (Å²) >= 11 is 0. The maximum Gasteiger partial charge on any atom is 0.251 e. The number of aromatic nitrogens is 7. The number of amides is 1. The van der Waals surface area contributed by atoms with Gasteiger partial charge in [-0.15, -0.1) is 5.10 Å². The molecule has 0 unspecified atom stereocenters. The van der Waals surface area contributed by atoms with E-state index in [2.05, 4.69) is 40.8 Å². The zero-order valence-corrected chi connectivity index (χ0v) is 20.4. The van der Waals surface area contributed by atoms with Gasteiger partial charge in [0.2, 0.25) is 0 Å². The van der Waals surface area contributed by atoms with Crippen molar-refractivity contribution in [2.45, 2.75) is 30.6 Å². The minimum absolute atomic E-state index is 0.131. The molecular weight excluding hydrogens is 499 g/mol. The van der Waals surface area contributed by atoms with E-state index in [-0.39, 0.29) is 11.9 Å². The van der Waals surface area contributed by atoms with Gasteiger partial charge in [0, 0.05) is 20.1 Å². The number of hydrogen-bond donors (Lipinski definition) is 4. The second kappa shape index (κ2) is 9.36. The maximum atomic E-state index is 13.7. The van der Waals surface area contributed by atoms with Gasteiger partial charge < -0.3 is 30.5 Å². The van der Waals surface area contributed by atoms with E-state index in [0.717, 1.165) is 13.1 Å². The molecule has 0 spiro atoms. The molecule has 2 aliphatic heterocycles. The lowest BCUT2D eigenvalue weighted by molar-refractivity contribution is -0.137. The number of halogens is 1. The van der Waals surface area contributed by atoms with E-state index in [1.165, 1.54) is 34.8 Å². The van der Waals surface area contributed by atoms with Gasteiger partial charge in [-0.25, -0.2) is 24.0 Å². The predicted octanol–water partition coefficient (Wildman–Crippen LogP) is -0.696. The Bertz CT molecular complexity index is 1500. The second-order valence-corrected chi connectivity index (χ2v) is 9.35. The first kappa shape index (κ1) is 24.3. The summed E-state index contributed by atoms with van der Waals surface area (Å²) in [7, 11) is 3.42. The number of nitrogens with zero attached hydrogens (tertiary/aromatic N) is 8. The van der Waals surface area contributed by atoms with Crippen LogP contribution < -0.4 is 10.6 Å². The Balaban J connectivity index is 1.42. The van der Waals surface area contributed by atoms with Crippen LogP contribution in [0, 0.1) is 5.82 Å². The van der Waals surface area contributed by atoms with E-state index in [1.807, 2.05) is 7.05 Å². The molecule has 4 N–H and O–H groups in total. The number of aliphatic hydroxyl groups excluding tert-OH is 2. The molecule has 2 saturated heterocycles. The summed E-state index contributed by atoms with van der Waals surface area (Å²) in [4.78, 5) is 28.0. The zero-order chi connectivity index (χ0) is 26.6. The van der Waals surface area contributed by atoms with Crippen LogP contribution in [0.5, 0.6) is 0 Å². The number of likely N-dealkylation sites (N-methyl/N-ethyl adjacent to an activating group) is 2. The lowest BCUT2D eigenvalue weighted by atomic mass is 10.1. The average Bonchev–Trinajstić information content (AvgIpc) is 3.61. The number of carbonyl (C=O) groups is 1. The first-order chi connectivity index (χ1) is 18.3. The Hall–Kier alpha value is -4.05. The Morgan fingerprint density at radius 3 is 2.76 bits per heavy atom. The Morgan fingerprint density at radius 1 is 1.21 bits per heavy atom. The van der Waals surface area contributed by atoms with Crippen molar-refractivity contribution >= 4 is 22.9 Å². The van der Waals surface area contributed by atoms with Gasteiger partial charge in [-0.3, -0.25) is 9.36 Å². The number of aliphatic hydroxyl groups is 2. The largest absolute Gasteiger partial charge is 0.387 e. The lowest BCUT2D eigenvalue weighted by Gasteiger charge is -2.36. The normalized spacial score (nSPS) is 24.0. The molecule has 0 aliphatic carbocycles. The van der Waals surface area contributed by atoms with Crippen molar-refractivity contribution in [3.05, 3.63) is 42.6 Å². The first-order valence-corrected chi connectivity index (χ1v) is 11.9. The summed E-state index contributed by atoms with van der Waals surface area (Å²) in [6.45, 7) is 1.61. The summed E-state index contributed by atoms with van der Waals surface area (Å²) in [6.07, 6.45) is -2.29. The number of nitrogens with one attached hydrogen (secondary N) is 2. The van der Waals surface area contributed by atoms with Crippen LogP contribution in [0.4, 0.5) is 10.2 Å². The third kappa shape index (κ3) is 4.14. The zero-order valence-electron chi connectivity index (χ0n) is 20.4. The van der Waals surface area contributed by atoms with Gasteiger partial charge in [0.05, 0.1) is 24.3 Å². The molecule has 0 radical (unpaired) electrons. The highest BCUT2D eigenvalue weighted by molar-refractivity contribution is 5.85. The van der Waals surface area contributed by atoms with Gasteiger partial charge in [-0.1, -0.05) is 11.3 Å². The monoisotopic (exact) mass is 524 g/mol. The first-order valence-electron chi connectivity index (χ1n) is 11.9. The molecule has 38 heavy (non-hydrogen) atoms. The van der Waals surface area contributed by atoms with Crippen LogP contribution in [-0.2, 0) is 9.53 Å². The lowest BCUT2D eigenvalue weighted by Crippen LogP contribution is -2.52. The van der Waals surface area contributed by atoms with E-state index in [9.17, 15) is 19.4 Å². The molecule has 4 atom stereocenters. The van der Waals surface area contributed by atoms with Crippen LogP contribution >= 0.6 is 0 Å². The van der Waals surface area contributed by atoms with Gasteiger partial charge in [0.25, 0.3) is 5.91 Å². The fraction of sp³-hybridized carbons (Fsp3) is 0.391. The van der Waals surface area contributed by atoms with E-state index < -0.39 is 36.3 Å². The highest BCUT2D eigenvalue weighted by Gasteiger charge is 2.47. The number of carbonyl (C=O) groups excluding carboxylic acids is 1. The van der Waals surface area contributed by atoms with Gasteiger partial charge in [0.1, 0.15) is 18.0 Å². The standard InChI is InChI=1S/C23H25FN10O4/c1-25-22(37)18-16(35)17(36)23(38-18)33-10-26-15-20(27-12-7-32(2)8-12)28-19(29-21(15)33)14-9-34(31-30-14)13-5-3-4-11(24)6-13/h3-6,9-10,12,16-18,23,35-36H,7-8H2,1-2H3,(H,25,37)(H,27,28,29)/t16-,17+,18-,23+/m0/s1. The summed E-state index contributed by atoms with van der Waals surface area (Å²) < 4.78 is 22.3. The van der Waals surface area contributed by atoms with E-state index in [0.29, 0.717) is 28.4 Å². The molecule has 3 aromatic heterocycles. The molecule has 15 heteroatoms. The van der Waals surface area contributed by atoms with Crippen molar-refractivity contribution in [3.63, 3.8) is 0 Å². The molecule has 5 heterocycles. The van der Waals surface area contributed by atoms with Crippen molar-refractivity contribution < 1.29 is 24.1 Å². The van der Waals surface area contributed by atoms with Crippen LogP contribution in [0.25, 0.3) is 28.4 Å². The number of benzene rings is 1. The maximum absolute atomic E-state index is 13.7. The molecular formula is C23H25FN10O4. The van der Waals surface area contributed by atoms with Gasteiger partial charge in [-0.05, 0) is 25.2 Å². The molecule has 2 fully saturated rings. The highest BCUT2D eigenvalue weighted by Crippen LogP contribution is 2.34. The van der Waals surface area contributed by atoms with Crippen molar-refractivity contribution in [2.75, 3.05) is 32.5 Å². The van der Waals surface area contributed by atoms with Crippen LogP contribution in [0.1, 0.15) is 6.23 Å². The third-order valence-electron chi connectivity index (χ3n) is 6.64. The Labute approximate surface area is 215 Å². The molecule has 0 bridgehead atoms. The number of imidazole rings is 1. The Morgan fingerprint density at radius 2 is 2.03 bits per heavy atom. The van der Waals surface area contributed by atoms with E-state index in [4.69, 9.17) is 4.74 Å². The number of anilines is 1. The van der Waals surface area contributed by atoms with E-state index in [1.54, 1.807) is 18.3 Å². The fourth-order valence-electron chi connectivity index (χ4n) is 4.66. The quantitative estimate of drug-likeness (QED) is 0.252. The summed E-state index contributed by atoms with van der Waals surface area (Å²) in [5.41, 5.74) is 1.49. The molecule has 1 amide bonds. The second-order valence-electron chi connectivity index (χ2n) is 9.35. The summed E-state index contributed by atoms with van der Waals surface area (Å²) in [5, 5.41) is 35.2. The van der Waals surface area contributed by atoms with Crippen LogP contribution in [0.3, 0.4) is 0 Å². The fourth-order valence-corrected chi connectivity index (χ4v) is 4.66. The highest BCUT2D eigenvalue weighted by atomic mass is 19.1. The minimum Gasteiger partial charge on any atom is -0.387 e. The molecule has 1 aromatic carbocycles. The van der Waals surface area contributed by atoms with Crippen molar-refractivity contribution in [1.82, 2.24) is 44.7 Å². The Kier molecular flexibility index (Phi) is 5.98. The summed E-state index contributed by atoms with van der Waals surface area (Å²) in [6, 6.07) is 6.05. The SMILES string of the molecule is CNC(=O)[C@H]1O[C@@H](n2cnc3c(NC4CN(C)C4)nc(-c4cn(-c5cccc(F)c5)nn4)nc32)[C@H](O)[C@@H]1O. The molecule has 0 saturated carbocycles. The number of likely N-dealkylation sites (tertiary alicyclic amines) is 1. The van der Waals surface area contributed by atoms with Crippen molar-refractivity contribution in [1.29, 1.82) is 0 Å².